The Bertz CT molecular complexity index is 684. The lowest BCUT2D eigenvalue weighted by molar-refractivity contribution is 0.101. The van der Waals surface area contributed by atoms with Crippen molar-refractivity contribution in [2.45, 2.75) is 13.5 Å². The molecule has 21 heavy (non-hydrogen) atoms. The maximum Gasteiger partial charge on any atom is 0.159 e. The van der Waals surface area contributed by atoms with E-state index in [1.807, 2.05) is 36.4 Å². The second kappa shape index (κ2) is 5.90. The van der Waals surface area contributed by atoms with Gasteiger partial charge in [-0.05, 0) is 47.1 Å². The number of ether oxygens (including phenoxy) is 1. The predicted molar refractivity (Wildman–Crippen MR) is 87.1 cm³/mol. The van der Waals surface area contributed by atoms with Gasteiger partial charge in [0.25, 0.3) is 0 Å². The molecule has 0 unspecified atom stereocenters. The number of rotatable bonds is 2. The van der Waals surface area contributed by atoms with E-state index in [0.717, 1.165) is 34.6 Å². The maximum absolute atomic E-state index is 11.4. The Hall–Kier alpha value is -1.81. The van der Waals surface area contributed by atoms with Crippen LogP contribution in [0.2, 0.25) is 0 Å². The number of hydrogen-bond acceptors (Lipinski definition) is 3. The molecule has 1 heterocycles. The van der Waals surface area contributed by atoms with E-state index in [0.29, 0.717) is 6.61 Å². The minimum atomic E-state index is 0.0757. The molecule has 3 nitrogen and oxygen atoms in total. The quantitative estimate of drug-likeness (QED) is 0.769. The number of halogens is 1. The molecule has 0 spiro atoms. The molecule has 0 aliphatic carbocycles. The van der Waals surface area contributed by atoms with Crippen molar-refractivity contribution in [3.05, 3.63) is 58.1 Å². The topological polar surface area (TPSA) is 29.5 Å². The third-order valence-electron chi connectivity index (χ3n) is 3.65. The predicted octanol–water partition coefficient (Wildman–Crippen LogP) is 4.05. The van der Waals surface area contributed by atoms with Crippen molar-refractivity contribution >= 4 is 27.4 Å². The fourth-order valence-corrected chi connectivity index (χ4v) is 3.14. The number of anilines is 1. The Morgan fingerprint density at radius 3 is 2.81 bits per heavy atom. The van der Waals surface area contributed by atoms with Gasteiger partial charge in [0.15, 0.2) is 5.78 Å². The molecule has 1 aliphatic heterocycles. The largest absolute Gasteiger partial charge is 0.491 e. The van der Waals surface area contributed by atoms with E-state index in [2.05, 4.69) is 26.9 Å². The van der Waals surface area contributed by atoms with E-state index in [1.165, 1.54) is 5.56 Å². The number of para-hydroxylation sites is 1. The molecule has 2 aromatic rings. The Morgan fingerprint density at radius 2 is 2.05 bits per heavy atom. The fourth-order valence-electron chi connectivity index (χ4n) is 2.51. The van der Waals surface area contributed by atoms with Gasteiger partial charge in [-0.15, -0.1) is 0 Å². The zero-order valence-corrected chi connectivity index (χ0v) is 13.4. The van der Waals surface area contributed by atoms with Crippen LogP contribution in [0.3, 0.4) is 0 Å². The van der Waals surface area contributed by atoms with E-state index in [-0.39, 0.29) is 5.78 Å². The van der Waals surface area contributed by atoms with Crippen LogP contribution >= 0.6 is 15.9 Å². The van der Waals surface area contributed by atoms with Crippen LogP contribution in [0, 0.1) is 0 Å². The van der Waals surface area contributed by atoms with Gasteiger partial charge < -0.3 is 9.64 Å². The minimum Gasteiger partial charge on any atom is -0.491 e. The normalized spacial score (nSPS) is 14.1. The van der Waals surface area contributed by atoms with Gasteiger partial charge in [-0.2, -0.15) is 0 Å². The van der Waals surface area contributed by atoms with Crippen LogP contribution in [0.5, 0.6) is 5.75 Å². The van der Waals surface area contributed by atoms with Crippen molar-refractivity contribution < 1.29 is 9.53 Å². The molecule has 0 N–H and O–H groups in total. The number of benzene rings is 2. The molecular weight excluding hydrogens is 330 g/mol. The lowest BCUT2D eigenvalue weighted by Gasteiger charge is -2.23. The van der Waals surface area contributed by atoms with E-state index in [1.54, 1.807) is 6.92 Å². The molecule has 0 amide bonds. The Kier molecular flexibility index (Phi) is 3.97. The summed E-state index contributed by atoms with van der Waals surface area (Å²) in [6.45, 7) is 3.84. The van der Waals surface area contributed by atoms with Crippen molar-refractivity contribution in [1.82, 2.24) is 0 Å². The standard InChI is InChI=1S/C17H16BrNO2/c1-12(20)13-6-7-16(15(18)10-13)19-8-9-21-17-5-3-2-4-14(17)11-19/h2-7,10H,8-9,11H2,1H3. The molecule has 0 saturated carbocycles. The first-order valence-corrected chi connectivity index (χ1v) is 7.70. The zero-order valence-electron chi connectivity index (χ0n) is 11.8. The van der Waals surface area contributed by atoms with Crippen LogP contribution in [-0.2, 0) is 6.54 Å². The van der Waals surface area contributed by atoms with Crippen molar-refractivity contribution in [3.63, 3.8) is 0 Å². The van der Waals surface area contributed by atoms with Gasteiger partial charge in [-0.3, -0.25) is 4.79 Å². The average molecular weight is 346 g/mol. The van der Waals surface area contributed by atoms with Crippen LogP contribution < -0.4 is 9.64 Å². The molecule has 0 aromatic heterocycles. The highest BCUT2D eigenvalue weighted by Crippen LogP contribution is 2.31. The zero-order chi connectivity index (χ0) is 14.8. The molecular formula is C17H16BrNO2. The molecule has 0 atom stereocenters. The van der Waals surface area contributed by atoms with Crippen LogP contribution in [0.15, 0.2) is 46.9 Å². The first-order valence-electron chi connectivity index (χ1n) is 6.91. The SMILES string of the molecule is CC(=O)c1ccc(N2CCOc3ccccc3C2)c(Br)c1. The summed E-state index contributed by atoms with van der Waals surface area (Å²) >= 11 is 3.58. The van der Waals surface area contributed by atoms with Crippen LogP contribution in [0.4, 0.5) is 5.69 Å². The number of ketones is 1. The number of fused-ring (bicyclic) bond motifs is 1. The van der Waals surface area contributed by atoms with E-state index in [4.69, 9.17) is 4.74 Å². The number of carbonyl (C=O) groups excluding carboxylic acids is 1. The van der Waals surface area contributed by atoms with Gasteiger partial charge >= 0.3 is 0 Å². The highest BCUT2D eigenvalue weighted by molar-refractivity contribution is 9.10. The maximum atomic E-state index is 11.4. The van der Waals surface area contributed by atoms with Gasteiger partial charge in [-0.1, -0.05) is 18.2 Å². The summed E-state index contributed by atoms with van der Waals surface area (Å²) in [5.41, 5.74) is 2.98. The van der Waals surface area contributed by atoms with Crippen LogP contribution in [0.1, 0.15) is 22.8 Å². The number of nitrogens with zero attached hydrogens (tertiary/aromatic N) is 1. The second-order valence-corrected chi connectivity index (χ2v) is 5.95. The first-order chi connectivity index (χ1) is 10.1. The average Bonchev–Trinajstić information content (AvgIpc) is 2.69. The summed E-state index contributed by atoms with van der Waals surface area (Å²) in [4.78, 5) is 13.7. The summed E-state index contributed by atoms with van der Waals surface area (Å²) in [5, 5.41) is 0. The number of hydrogen-bond donors (Lipinski definition) is 0. The van der Waals surface area contributed by atoms with Crippen molar-refractivity contribution in [3.8, 4) is 5.75 Å². The minimum absolute atomic E-state index is 0.0757. The Balaban J connectivity index is 1.92. The summed E-state index contributed by atoms with van der Waals surface area (Å²) < 4.78 is 6.73. The molecule has 3 rings (SSSR count). The van der Waals surface area contributed by atoms with Gasteiger partial charge in [0.05, 0.1) is 12.2 Å². The van der Waals surface area contributed by atoms with Crippen molar-refractivity contribution in [1.29, 1.82) is 0 Å². The summed E-state index contributed by atoms with van der Waals surface area (Å²) in [5.74, 6) is 1.03. The third kappa shape index (κ3) is 2.95. The highest BCUT2D eigenvalue weighted by atomic mass is 79.9. The number of carbonyl (C=O) groups is 1. The highest BCUT2D eigenvalue weighted by Gasteiger charge is 2.17. The lowest BCUT2D eigenvalue weighted by atomic mass is 10.1. The summed E-state index contributed by atoms with van der Waals surface area (Å²) in [7, 11) is 0. The monoisotopic (exact) mass is 345 g/mol. The Morgan fingerprint density at radius 1 is 1.24 bits per heavy atom. The van der Waals surface area contributed by atoms with E-state index in [9.17, 15) is 4.79 Å². The number of Topliss-reactive ketones (excluding diaryl/α,β-unsaturated/α-hetero) is 1. The lowest BCUT2D eigenvalue weighted by Crippen LogP contribution is -2.25. The van der Waals surface area contributed by atoms with Crippen molar-refractivity contribution in [2.24, 2.45) is 0 Å². The van der Waals surface area contributed by atoms with Crippen LogP contribution in [0.25, 0.3) is 0 Å². The summed E-state index contributed by atoms with van der Waals surface area (Å²) in [6, 6.07) is 13.9. The first kappa shape index (κ1) is 14.1. The molecule has 2 aromatic carbocycles. The fraction of sp³-hybridized carbons (Fsp3) is 0.235. The molecule has 0 fully saturated rings. The van der Waals surface area contributed by atoms with E-state index < -0.39 is 0 Å². The van der Waals surface area contributed by atoms with Crippen molar-refractivity contribution in [2.75, 3.05) is 18.1 Å². The smallest absolute Gasteiger partial charge is 0.159 e. The van der Waals surface area contributed by atoms with Gasteiger partial charge in [0, 0.05) is 22.1 Å². The van der Waals surface area contributed by atoms with Crippen LogP contribution in [-0.4, -0.2) is 18.9 Å². The Labute approximate surface area is 132 Å². The molecule has 0 saturated heterocycles. The van der Waals surface area contributed by atoms with Gasteiger partial charge in [0.2, 0.25) is 0 Å². The van der Waals surface area contributed by atoms with Gasteiger partial charge in [0.1, 0.15) is 12.4 Å². The third-order valence-corrected chi connectivity index (χ3v) is 4.28. The van der Waals surface area contributed by atoms with E-state index >= 15 is 0 Å². The molecule has 108 valence electrons. The second-order valence-electron chi connectivity index (χ2n) is 5.10. The van der Waals surface area contributed by atoms with Gasteiger partial charge in [-0.25, -0.2) is 0 Å². The molecule has 4 heteroatoms. The molecule has 0 radical (unpaired) electrons. The molecule has 0 bridgehead atoms. The summed E-state index contributed by atoms with van der Waals surface area (Å²) in [6.07, 6.45) is 0. The molecule has 1 aliphatic rings.